The Bertz CT molecular complexity index is 214. The Morgan fingerprint density at radius 1 is 1.29 bits per heavy atom. The van der Waals surface area contributed by atoms with Crippen LogP contribution >= 0.6 is 0 Å². The second kappa shape index (κ2) is 5.59. The van der Waals surface area contributed by atoms with E-state index in [1.54, 1.807) is 0 Å². The Morgan fingerprint density at radius 2 is 1.86 bits per heavy atom. The molecular weight excluding hydrogens is 182 g/mol. The van der Waals surface area contributed by atoms with Gasteiger partial charge in [-0.15, -0.1) is 0 Å². The van der Waals surface area contributed by atoms with Crippen LogP contribution in [0.5, 0.6) is 0 Å². The number of rotatable bonds is 6. The molecule has 0 saturated carbocycles. The van der Waals surface area contributed by atoms with E-state index in [0.717, 1.165) is 0 Å². The van der Waals surface area contributed by atoms with Gasteiger partial charge in [0.15, 0.2) is 0 Å². The van der Waals surface area contributed by atoms with Gasteiger partial charge in [0, 0.05) is 32.0 Å². The van der Waals surface area contributed by atoms with Gasteiger partial charge in [-0.05, 0) is 13.8 Å². The molecule has 5 nitrogen and oxygen atoms in total. The van der Waals surface area contributed by atoms with Crippen LogP contribution in [0.25, 0.3) is 0 Å². The number of amides is 2. The average Bonchev–Trinajstić information content (AvgIpc) is 1.95. The molecule has 0 spiro atoms. The molecule has 0 radical (unpaired) electrons. The average molecular weight is 201 g/mol. The minimum absolute atomic E-state index is 0.0560. The lowest BCUT2D eigenvalue weighted by Gasteiger charge is -2.24. The van der Waals surface area contributed by atoms with Gasteiger partial charge >= 0.3 is 0 Å². The highest BCUT2D eigenvalue weighted by Gasteiger charge is 2.18. The third kappa shape index (κ3) is 7.54. The highest BCUT2D eigenvalue weighted by atomic mass is 16.1. The zero-order valence-electron chi connectivity index (χ0n) is 9.02. The normalized spacial score (nSPS) is 11.1. The van der Waals surface area contributed by atoms with Crippen molar-refractivity contribution in [1.82, 2.24) is 10.6 Å². The fourth-order valence-electron chi connectivity index (χ4n) is 1.14. The van der Waals surface area contributed by atoms with Gasteiger partial charge in [0.25, 0.3) is 0 Å². The van der Waals surface area contributed by atoms with Crippen LogP contribution in [0.4, 0.5) is 0 Å². The van der Waals surface area contributed by atoms with E-state index in [4.69, 9.17) is 5.73 Å². The van der Waals surface area contributed by atoms with Crippen LogP contribution in [-0.4, -0.2) is 30.4 Å². The molecule has 0 aliphatic heterocycles. The molecule has 5 heteroatoms. The van der Waals surface area contributed by atoms with Crippen molar-refractivity contribution in [2.24, 2.45) is 5.73 Å². The predicted octanol–water partition coefficient (Wildman–Crippen LogP) is -0.634. The zero-order chi connectivity index (χ0) is 11.2. The molecular formula is C9H19N3O2. The van der Waals surface area contributed by atoms with Crippen molar-refractivity contribution < 1.29 is 9.59 Å². The van der Waals surface area contributed by atoms with Gasteiger partial charge in [0.2, 0.25) is 11.8 Å². The van der Waals surface area contributed by atoms with Crippen LogP contribution in [0, 0.1) is 0 Å². The summed E-state index contributed by atoms with van der Waals surface area (Å²) in [6.45, 7) is 6.43. The summed E-state index contributed by atoms with van der Waals surface area (Å²) in [6, 6.07) is 0. The van der Waals surface area contributed by atoms with Gasteiger partial charge in [-0.3, -0.25) is 9.59 Å². The van der Waals surface area contributed by atoms with E-state index in [1.807, 2.05) is 13.8 Å². The molecule has 0 unspecified atom stereocenters. The van der Waals surface area contributed by atoms with Crippen LogP contribution < -0.4 is 16.4 Å². The quantitative estimate of drug-likeness (QED) is 0.500. The second-order valence-electron chi connectivity index (χ2n) is 3.94. The van der Waals surface area contributed by atoms with Crippen molar-refractivity contribution in [3.8, 4) is 0 Å². The summed E-state index contributed by atoms with van der Waals surface area (Å²) in [5, 5.41) is 5.78. The molecule has 0 fully saturated rings. The van der Waals surface area contributed by atoms with Gasteiger partial charge in [-0.1, -0.05) is 0 Å². The molecule has 2 amide bonds. The van der Waals surface area contributed by atoms with Crippen molar-refractivity contribution >= 4 is 11.8 Å². The van der Waals surface area contributed by atoms with E-state index in [9.17, 15) is 9.59 Å². The van der Waals surface area contributed by atoms with Gasteiger partial charge < -0.3 is 16.4 Å². The van der Waals surface area contributed by atoms with Crippen molar-refractivity contribution in [1.29, 1.82) is 0 Å². The molecule has 14 heavy (non-hydrogen) atoms. The summed E-state index contributed by atoms with van der Waals surface area (Å²) in [4.78, 5) is 21.2. The summed E-state index contributed by atoms with van der Waals surface area (Å²) < 4.78 is 0. The summed E-state index contributed by atoms with van der Waals surface area (Å²) >= 11 is 0. The summed E-state index contributed by atoms with van der Waals surface area (Å²) in [5.74, 6) is -0.387. The number of carbonyl (C=O) groups is 2. The lowest BCUT2D eigenvalue weighted by Crippen LogP contribution is -2.45. The van der Waals surface area contributed by atoms with E-state index >= 15 is 0 Å². The van der Waals surface area contributed by atoms with E-state index in [-0.39, 0.29) is 23.8 Å². The largest absolute Gasteiger partial charge is 0.370 e. The highest BCUT2D eigenvalue weighted by Crippen LogP contribution is 2.05. The SMILES string of the molecule is CC(=O)NCCNC(C)(C)CC(N)=O. The van der Waals surface area contributed by atoms with Crippen molar-refractivity contribution in [2.75, 3.05) is 13.1 Å². The highest BCUT2D eigenvalue weighted by molar-refractivity contribution is 5.75. The molecule has 0 rings (SSSR count). The maximum absolute atomic E-state index is 10.7. The third-order valence-electron chi connectivity index (χ3n) is 1.72. The van der Waals surface area contributed by atoms with Crippen LogP contribution in [0.2, 0.25) is 0 Å². The summed E-state index contributed by atoms with van der Waals surface area (Å²) in [6.07, 6.45) is 0.285. The van der Waals surface area contributed by atoms with E-state index in [2.05, 4.69) is 10.6 Å². The van der Waals surface area contributed by atoms with Crippen LogP contribution in [0.1, 0.15) is 27.2 Å². The maximum Gasteiger partial charge on any atom is 0.219 e. The lowest BCUT2D eigenvalue weighted by atomic mass is 10.0. The first kappa shape index (κ1) is 12.9. The molecule has 0 aromatic heterocycles. The minimum Gasteiger partial charge on any atom is -0.370 e. The first-order chi connectivity index (χ1) is 6.33. The lowest BCUT2D eigenvalue weighted by molar-refractivity contribution is -0.120. The standard InChI is InChI=1S/C9H19N3O2/c1-7(13)11-4-5-12-9(2,3)6-8(10)14/h12H,4-6H2,1-3H3,(H2,10,14)(H,11,13). The maximum atomic E-state index is 10.7. The van der Waals surface area contributed by atoms with Gasteiger partial charge in [0.05, 0.1) is 0 Å². The first-order valence-electron chi connectivity index (χ1n) is 4.61. The Morgan fingerprint density at radius 3 is 2.29 bits per heavy atom. The summed E-state index contributed by atoms with van der Waals surface area (Å²) in [7, 11) is 0. The number of hydrogen-bond donors (Lipinski definition) is 3. The van der Waals surface area contributed by atoms with Crippen molar-refractivity contribution in [2.45, 2.75) is 32.7 Å². The number of hydrogen-bond acceptors (Lipinski definition) is 3. The van der Waals surface area contributed by atoms with Crippen LogP contribution in [0.3, 0.4) is 0 Å². The number of primary amides is 1. The molecule has 0 aliphatic rings. The Balaban J connectivity index is 3.65. The molecule has 0 heterocycles. The van der Waals surface area contributed by atoms with Gasteiger partial charge in [0.1, 0.15) is 0 Å². The molecule has 0 bridgehead atoms. The zero-order valence-corrected chi connectivity index (χ0v) is 9.02. The molecule has 0 atom stereocenters. The van der Waals surface area contributed by atoms with Crippen molar-refractivity contribution in [3.05, 3.63) is 0 Å². The Labute approximate surface area is 84.4 Å². The molecule has 0 aromatic carbocycles. The Kier molecular flexibility index (Phi) is 5.15. The second-order valence-corrected chi connectivity index (χ2v) is 3.94. The summed E-state index contributed by atoms with van der Waals surface area (Å²) in [5.41, 5.74) is 4.77. The first-order valence-corrected chi connectivity index (χ1v) is 4.61. The smallest absolute Gasteiger partial charge is 0.219 e. The molecule has 0 aromatic rings. The Hall–Kier alpha value is -1.10. The monoisotopic (exact) mass is 201 g/mol. The van der Waals surface area contributed by atoms with E-state index in [1.165, 1.54) is 6.92 Å². The third-order valence-corrected chi connectivity index (χ3v) is 1.72. The van der Waals surface area contributed by atoms with Gasteiger partial charge in [-0.2, -0.15) is 0 Å². The number of nitrogens with two attached hydrogens (primary N) is 1. The predicted molar refractivity (Wildman–Crippen MR) is 54.6 cm³/mol. The van der Waals surface area contributed by atoms with Crippen molar-refractivity contribution in [3.63, 3.8) is 0 Å². The van der Waals surface area contributed by atoms with E-state index < -0.39 is 0 Å². The van der Waals surface area contributed by atoms with Crippen LogP contribution in [0.15, 0.2) is 0 Å². The van der Waals surface area contributed by atoms with Crippen LogP contribution in [-0.2, 0) is 9.59 Å². The number of nitrogens with one attached hydrogen (secondary N) is 2. The van der Waals surface area contributed by atoms with E-state index in [0.29, 0.717) is 13.1 Å². The van der Waals surface area contributed by atoms with Gasteiger partial charge in [-0.25, -0.2) is 0 Å². The number of carbonyl (C=O) groups excluding carboxylic acids is 2. The molecule has 0 saturated heterocycles. The fourth-order valence-corrected chi connectivity index (χ4v) is 1.14. The molecule has 82 valence electrons. The fraction of sp³-hybridized carbons (Fsp3) is 0.778. The topological polar surface area (TPSA) is 84.2 Å². The molecule has 0 aliphatic carbocycles. The minimum atomic E-state index is -0.331. The molecule has 4 N–H and O–H groups in total.